The monoisotopic (exact) mass is 185 g/mol. The van der Waals surface area contributed by atoms with Crippen LogP contribution in [0.5, 0.6) is 0 Å². The second kappa shape index (κ2) is 2.87. The van der Waals surface area contributed by atoms with Gasteiger partial charge in [0.1, 0.15) is 0 Å². The largest absolute Gasteiger partial charge is 0.364 e. The average molecular weight is 186 g/mol. The van der Waals surface area contributed by atoms with Crippen LogP contribution < -0.4 is 0 Å². The van der Waals surface area contributed by atoms with Gasteiger partial charge in [0.05, 0.1) is 0 Å². The molecule has 0 atom stereocenters. The zero-order chi connectivity index (χ0) is 6.69. The molecule has 48 valence electrons. The molecule has 2 heteroatoms. The van der Waals surface area contributed by atoms with Gasteiger partial charge in [0.15, 0.2) is 0 Å². The lowest BCUT2D eigenvalue weighted by Crippen LogP contribution is -1.78. The molecule has 1 aromatic heterocycles. The number of allylic oxidation sites excluding steroid dienone is 1. The first-order valence-corrected chi connectivity index (χ1v) is 3.56. The Labute approximate surface area is 62.9 Å². The summed E-state index contributed by atoms with van der Waals surface area (Å²) in [5.74, 6) is 0. The minimum absolute atomic E-state index is 0.896. The first kappa shape index (κ1) is 6.62. The zero-order valence-electron chi connectivity index (χ0n) is 5.02. The van der Waals surface area contributed by atoms with Crippen molar-refractivity contribution >= 4 is 15.9 Å². The second-order valence-electron chi connectivity index (χ2n) is 1.80. The number of nitrogens with one attached hydrogen (secondary N) is 1. The van der Waals surface area contributed by atoms with Gasteiger partial charge in [-0.05, 0) is 22.0 Å². The van der Waals surface area contributed by atoms with Crippen molar-refractivity contribution in [3.8, 4) is 0 Å². The first-order chi connectivity index (χ1) is 4.34. The van der Waals surface area contributed by atoms with Crippen molar-refractivity contribution in [1.29, 1.82) is 0 Å². The summed E-state index contributed by atoms with van der Waals surface area (Å²) in [4.78, 5) is 3.09. The van der Waals surface area contributed by atoms with Gasteiger partial charge in [-0.15, -0.1) is 6.58 Å². The Hall–Kier alpha value is -0.500. The molecule has 0 aliphatic carbocycles. The molecule has 0 amide bonds. The van der Waals surface area contributed by atoms with Crippen LogP contribution in [-0.2, 0) is 6.42 Å². The number of hydrogen-bond acceptors (Lipinski definition) is 0. The number of halogens is 1. The first-order valence-electron chi connectivity index (χ1n) is 2.77. The van der Waals surface area contributed by atoms with Gasteiger partial charge >= 0.3 is 0 Å². The fourth-order valence-corrected chi connectivity index (χ4v) is 1.09. The molecule has 0 radical (unpaired) electrons. The SMILES string of the molecule is C=CCc1[nH]ccc1Br. The number of hydrogen-bond donors (Lipinski definition) is 1. The van der Waals surface area contributed by atoms with Crippen molar-refractivity contribution in [3.63, 3.8) is 0 Å². The molecule has 0 aromatic carbocycles. The van der Waals surface area contributed by atoms with Gasteiger partial charge in [-0.3, -0.25) is 0 Å². The molecule has 0 fully saturated rings. The lowest BCUT2D eigenvalue weighted by Gasteiger charge is -1.89. The lowest BCUT2D eigenvalue weighted by atomic mass is 10.3. The van der Waals surface area contributed by atoms with Crippen molar-refractivity contribution in [1.82, 2.24) is 4.98 Å². The summed E-state index contributed by atoms with van der Waals surface area (Å²) in [6, 6.07) is 1.98. The smallest absolute Gasteiger partial charge is 0.0385 e. The van der Waals surface area contributed by atoms with E-state index in [4.69, 9.17) is 0 Å². The van der Waals surface area contributed by atoms with Gasteiger partial charge in [-0.1, -0.05) is 6.08 Å². The summed E-state index contributed by atoms with van der Waals surface area (Å²) in [6.07, 6.45) is 4.67. The number of aromatic amines is 1. The van der Waals surface area contributed by atoms with Crippen LogP contribution in [0.25, 0.3) is 0 Å². The van der Waals surface area contributed by atoms with E-state index in [1.807, 2.05) is 18.3 Å². The Morgan fingerprint density at radius 1 is 1.78 bits per heavy atom. The molecule has 0 bridgehead atoms. The number of H-pyrrole nitrogens is 1. The van der Waals surface area contributed by atoms with E-state index in [9.17, 15) is 0 Å². The Kier molecular flexibility index (Phi) is 2.11. The summed E-state index contributed by atoms with van der Waals surface area (Å²) < 4.78 is 1.13. The minimum Gasteiger partial charge on any atom is -0.364 e. The van der Waals surface area contributed by atoms with E-state index in [-0.39, 0.29) is 0 Å². The summed E-state index contributed by atoms with van der Waals surface area (Å²) in [5.41, 5.74) is 1.19. The topological polar surface area (TPSA) is 15.8 Å². The van der Waals surface area contributed by atoms with Crippen molar-refractivity contribution < 1.29 is 0 Å². The molecular formula is C7H8BrN. The Balaban J connectivity index is 2.80. The Morgan fingerprint density at radius 3 is 3.00 bits per heavy atom. The van der Waals surface area contributed by atoms with Crippen molar-refractivity contribution in [2.24, 2.45) is 0 Å². The second-order valence-corrected chi connectivity index (χ2v) is 2.65. The maximum atomic E-state index is 3.64. The summed E-state index contributed by atoms with van der Waals surface area (Å²) >= 11 is 3.39. The fourth-order valence-electron chi connectivity index (χ4n) is 0.686. The van der Waals surface area contributed by atoms with E-state index < -0.39 is 0 Å². The van der Waals surface area contributed by atoms with Crippen molar-refractivity contribution in [2.75, 3.05) is 0 Å². The van der Waals surface area contributed by atoms with E-state index in [1.54, 1.807) is 0 Å². The van der Waals surface area contributed by atoms with Gasteiger partial charge in [0.25, 0.3) is 0 Å². The standard InChI is InChI=1S/C7H8BrN/c1-2-3-7-6(8)4-5-9-7/h2,4-5,9H,1,3H2. The zero-order valence-corrected chi connectivity index (χ0v) is 6.61. The van der Waals surface area contributed by atoms with Crippen LogP contribution in [-0.4, -0.2) is 4.98 Å². The molecule has 0 spiro atoms. The molecule has 1 heterocycles. The minimum atomic E-state index is 0.896. The maximum Gasteiger partial charge on any atom is 0.0385 e. The lowest BCUT2D eigenvalue weighted by molar-refractivity contribution is 1.14. The van der Waals surface area contributed by atoms with Crippen LogP contribution >= 0.6 is 15.9 Å². The Bertz CT molecular complexity index is 202. The van der Waals surface area contributed by atoms with Crippen LogP contribution in [0, 0.1) is 0 Å². The molecule has 1 N–H and O–H groups in total. The van der Waals surface area contributed by atoms with Crippen molar-refractivity contribution in [3.05, 3.63) is 35.1 Å². The highest BCUT2D eigenvalue weighted by Crippen LogP contribution is 2.14. The maximum absolute atomic E-state index is 3.64. The van der Waals surface area contributed by atoms with E-state index in [1.165, 1.54) is 5.69 Å². The third kappa shape index (κ3) is 1.45. The highest BCUT2D eigenvalue weighted by molar-refractivity contribution is 9.10. The summed E-state index contributed by atoms with van der Waals surface area (Å²) in [5, 5.41) is 0. The molecule has 1 aromatic rings. The quantitative estimate of drug-likeness (QED) is 0.683. The molecule has 0 saturated carbocycles. The molecule has 1 rings (SSSR count). The Morgan fingerprint density at radius 2 is 2.56 bits per heavy atom. The van der Waals surface area contributed by atoms with E-state index in [2.05, 4.69) is 27.5 Å². The molecule has 0 aliphatic heterocycles. The summed E-state index contributed by atoms with van der Waals surface area (Å²) in [6.45, 7) is 3.64. The van der Waals surface area contributed by atoms with Crippen molar-refractivity contribution in [2.45, 2.75) is 6.42 Å². The fraction of sp³-hybridized carbons (Fsp3) is 0.143. The van der Waals surface area contributed by atoms with Gasteiger partial charge in [-0.2, -0.15) is 0 Å². The third-order valence-electron chi connectivity index (χ3n) is 1.12. The van der Waals surface area contributed by atoms with Crippen LogP contribution in [0.15, 0.2) is 29.4 Å². The van der Waals surface area contributed by atoms with E-state index in [0.29, 0.717) is 0 Å². The van der Waals surface area contributed by atoms with E-state index in [0.717, 1.165) is 10.9 Å². The molecular weight excluding hydrogens is 178 g/mol. The number of rotatable bonds is 2. The molecule has 0 saturated heterocycles. The molecule has 0 unspecified atom stereocenters. The highest BCUT2D eigenvalue weighted by atomic mass is 79.9. The summed E-state index contributed by atoms with van der Waals surface area (Å²) in [7, 11) is 0. The van der Waals surface area contributed by atoms with Crippen LogP contribution in [0.1, 0.15) is 5.69 Å². The van der Waals surface area contributed by atoms with Crippen LogP contribution in [0.4, 0.5) is 0 Å². The average Bonchev–Trinajstić information content (AvgIpc) is 2.18. The normalized spacial score (nSPS) is 9.44. The van der Waals surface area contributed by atoms with Crippen LogP contribution in [0.2, 0.25) is 0 Å². The number of aromatic nitrogens is 1. The molecule has 0 aliphatic rings. The molecule has 1 nitrogen and oxygen atoms in total. The van der Waals surface area contributed by atoms with E-state index >= 15 is 0 Å². The van der Waals surface area contributed by atoms with Gasteiger partial charge in [-0.25, -0.2) is 0 Å². The van der Waals surface area contributed by atoms with Gasteiger partial charge in [0.2, 0.25) is 0 Å². The third-order valence-corrected chi connectivity index (χ3v) is 1.87. The highest BCUT2D eigenvalue weighted by Gasteiger charge is 1.94. The van der Waals surface area contributed by atoms with Gasteiger partial charge < -0.3 is 4.98 Å². The van der Waals surface area contributed by atoms with Crippen LogP contribution in [0.3, 0.4) is 0 Å². The predicted molar refractivity (Wildman–Crippen MR) is 42.4 cm³/mol. The van der Waals surface area contributed by atoms with Gasteiger partial charge in [0, 0.05) is 22.8 Å². The molecule has 9 heavy (non-hydrogen) atoms. The predicted octanol–water partition coefficient (Wildman–Crippen LogP) is 2.51.